The number of halogens is 1. The second kappa shape index (κ2) is 6.56. The van der Waals surface area contributed by atoms with Crippen LogP contribution in [0.2, 0.25) is 0 Å². The molecule has 3 aromatic rings. The third-order valence-corrected chi connectivity index (χ3v) is 5.27. The highest BCUT2D eigenvalue weighted by molar-refractivity contribution is 5.92. The summed E-state index contributed by atoms with van der Waals surface area (Å²) in [6.07, 6.45) is 4.21. The number of hydrogen-bond acceptors (Lipinski definition) is 3. The molecule has 2 N–H and O–H groups in total. The number of anilines is 1. The lowest BCUT2D eigenvalue weighted by Gasteiger charge is -2.25. The number of allylic oxidation sites excluding steroid dienone is 1. The van der Waals surface area contributed by atoms with Gasteiger partial charge in [0.1, 0.15) is 17.3 Å². The Balaban J connectivity index is 1.79. The summed E-state index contributed by atoms with van der Waals surface area (Å²) in [5.41, 5.74) is 5.01. The molecule has 1 saturated carbocycles. The lowest BCUT2D eigenvalue weighted by atomic mass is 9.92. The van der Waals surface area contributed by atoms with Crippen LogP contribution >= 0.6 is 0 Å². The van der Waals surface area contributed by atoms with Crippen molar-refractivity contribution >= 4 is 16.9 Å². The molecule has 0 atom stereocenters. The minimum Gasteiger partial charge on any atom is -0.367 e. The predicted molar refractivity (Wildman–Crippen MR) is 104 cm³/mol. The van der Waals surface area contributed by atoms with Gasteiger partial charge in [0.25, 0.3) is 0 Å². The van der Waals surface area contributed by atoms with Crippen LogP contribution in [-0.2, 0) is 0 Å². The van der Waals surface area contributed by atoms with Crippen LogP contribution in [0.5, 0.6) is 0 Å². The number of nitrogens with one attached hydrogen (secondary N) is 2. The average molecular weight is 350 g/mol. The van der Waals surface area contributed by atoms with Gasteiger partial charge in [0.05, 0.1) is 5.39 Å². The summed E-state index contributed by atoms with van der Waals surface area (Å²) in [6, 6.07) is 6.79. The van der Waals surface area contributed by atoms with Crippen LogP contribution in [0.4, 0.5) is 10.2 Å². The van der Waals surface area contributed by atoms with E-state index in [0.29, 0.717) is 17.4 Å². The fourth-order valence-electron chi connectivity index (χ4n) is 3.59. The Hall–Kier alpha value is -2.69. The van der Waals surface area contributed by atoms with E-state index in [1.54, 1.807) is 6.07 Å². The molecular formula is C21H23FN4. The van der Waals surface area contributed by atoms with Crippen molar-refractivity contribution in [2.24, 2.45) is 0 Å². The quantitative estimate of drug-likeness (QED) is 0.631. The van der Waals surface area contributed by atoms with Gasteiger partial charge in [-0.05, 0) is 57.2 Å². The molecule has 134 valence electrons. The minimum absolute atomic E-state index is 0.287. The molecule has 2 heterocycles. The standard InChI is InChI=1S/C21H23FN4/c1-12-7-9-17(10-8-12)24-21-18-13(2)14(3)23-20(18)25-19(26-21)15-5-4-6-16(22)11-15/h4-6,11,17H,1,7-10H2,2-3H3,(H2,23,24,25,26). The van der Waals surface area contributed by atoms with Crippen LogP contribution in [0.25, 0.3) is 22.4 Å². The fraction of sp³-hybridized carbons (Fsp3) is 0.333. The Morgan fingerprint density at radius 3 is 2.69 bits per heavy atom. The van der Waals surface area contributed by atoms with E-state index in [2.05, 4.69) is 28.8 Å². The molecule has 1 fully saturated rings. The molecule has 1 aliphatic rings. The van der Waals surface area contributed by atoms with Gasteiger partial charge in [0.15, 0.2) is 5.82 Å². The maximum Gasteiger partial charge on any atom is 0.164 e. The van der Waals surface area contributed by atoms with E-state index in [-0.39, 0.29) is 5.82 Å². The lowest BCUT2D eigenvalue weighted by molar-refractivity contribution is 0.540. The number of aromatic nitrogens is 3. The fourth-order valence-corrected chi connectivity index (χ4v) is 3.59. The summed E-state index contributed by atoms with van der Waals surface area (Å²) < 4.78 is 13.7. The highest BCUT2D eigenvalue weighted by Gasteiger charge is 2.20. The third kappa shape index (κ3) is 3.09. The number of aromatic amines is 1. The maximum absolute atomic E-state index is 13.7. The molecule has 4 nitrogen and oxygen atoms in total. The number of aryl methyl sites for hydroxylation is 2. The van der Waals surface area contributed by atoms with Gasteiger partial charge in [0, 0.05) is 17.3 Å². The zero-order valence-electron chi connectivity index (χ0n) is 15.2. The van der Waals surface area contributed by atoms with Gasteiger partial charge in [-0.3, -0.25) is 0 Å². The molecule has 0 aliphatic heterocycles. The Morgan fingerprint density at radius 1 is 1.19 bits per heavy atom. The van der Waals surface area contributed by atoms with E-state index in [0.717, 1.165) is 53.8 Å². The SMILES string of the molecule is C=C1CCC(Nc2nc(-c3cccc(F)c3)nc3[nH]c(C)c(C)c23)CC1. The van der Waals surface area contributed by atoms with Crippen molar-refractivity contribution in [3.05, 3.63) is 53.5 Å². The molecule has 0 radical (unpaired) electrons. The molecule has 5 heteroatoms. The Labute approximate surface area is 152 Å². The molecule has 0 spiro atoms. The molecule has 26 heavy (non-hydrogen) atoms. The topological polar surface area (TPSA) is 53.6 Å². The molecular weight excluding hydrogens is 327 g/mol. The molecule has 4 rings (SSSR count). The third-order valence-electron chi connectivity index (χ3n) is 5.27. The van der Waals surface area contributed by atoms with Crippen molar-refractivity contribution in [1.82, 2.24) is 15.0 Å². The average Bonchev–Trinajstić information content (AvgIpc) is 2.91. The zero-order chi connectivity index (χ0) is 18.3. The van der Waals surface area contributed by atoms with E-state index in [9.17, 15) is 4.39 Å². The van der Waals surface area contributed by atoms with Crippen molar-refractivity contribution in [2.75, 3.05) is 5.32 Å². The van der Waals surface area contributed by atoms with Crippen LogP contribution in [0, 0.1) is 19.7 Å². The van der Waals surface area contributed by atoms with E-state index in [1.165, 1.54) is 17.7 Å². The number of H-pyrrole nitrogens is 1. The van der Waals surface area contributed by atoms with E-state index in [4.69, 9.17) is 4.98 Å². The molecule has 0 bridgehead atoms. The molecule has 0 unspecified atom stereocenters. The van der Waals surface area contributed by atoms with Gasteiger partial charge in [-0.25, -0.2) is 14.4 Å². The molecule has 0 amide bonds. The Bertz CT molecular complexity index is 979. The normalized spacial score (nSPS) is 15.6. The number of hydrogen-bond donors (Lipinski definition) is 2. The van der Waals surface area contributed by atoms with Gasteiger partial charge in [-0.15, -0.1) is 0 Å². The molecule has 2 aromatic heterocycles. The largest absolute Gasteiger partial charge is 0.367 e. The van der Waals surface area contributed by atoms with Gasteiger partial charge >= 0.3 is 0 Å². The predicted octanol–water partition coefficient (Wildman–Crippen LogP) is 5.29. The van der Waals surface area contributed by atoms with E-state index < -0.39 is 0 Å². The minimum atomic E-state index is -0.287. The summed E-state index contributed by atoms with van der Waals surface area (Å²) in [5.74, 6) is 1.07. The number of rotatable bonds is 3. The summed E-state index contributed by atoms with van der Waals surface area (Å²) in [5, 5.41) is 4.64. The number of fused-ring (bicyclic) bond motifs is 1. The zero-order valence-corrected chi connectivity index (χ0v) is 15.2. The van der Waals surface area contributed by atoms with Crippen LogP contribution < -0.4 is 5.32 Å². The van der Waals surface area contributed by atoms with E-state index in [1.807, 2.05) is 13.0 Å². The van der Waals surface area contributed by atoms with Gasteiger partial charge < -0.3 is 10.3 Å². The summed E-state index contributed by atoms with van der Waals surface area (Å²) in [7, 11) is 0. The Morgan fingerprint density at radius 2 is 1.96 bits per heavy atom. The summed E-state index contributed by atoms with van der Waals surface area (Å²) in [6.45, 7) is 8.20. The molecule has 0 saturated heterocycles. The van der Waals surface area contributed by atoms with Crippen molar-refractivity contribution in [3.8, 4) is 11.4 Å². The highest BCUT2D eigenvalue weighted by atomic mass is 19.1. The molecule has 1 aromatic carbocycles. The Kier molecular flexibility index (Phi) is 4.23. The first-order chi connectivity index (χ1) is 12.5. The second-order valence-electron chi connectivity index (χ2n) is 7.17. The van der Waals surface area contributed by atoms with E-state index >= 15 is 0 Å². The lowest BCUT2D eigenvalue weighted by Crippen LogP contribution is -2.24. The van der Waals surface area contributed by atoms with Crippen molar-refractivity contribution in [1.29, 1.82) is 0 Å². The monoisotopic (exact) mass is 350 g/mol. The first-order valence-electron chi connectivity index (χ1n) is 9.07. The highest BCUT2D eigenvalue weighted by Crippen LogP contribution is 2.32. The van der Waals surface area contributed by atoms with Crippen molar-refractivity contribution in [2.45, 2.75) is 45.6 Å². The van der Waals surface area contributed by atoms with Crippen LogP contribution in [-0.4, -0.2) is 21.0 Å². The number of nitrogens with zero attached hydrogens (tertiary/aromatic N) is 2. The van der Waals surface area contributed by atoms with Crippen LogP contribution in [0.3, 0.4) is 0 Å². The van der Waals surface area contributed by atoms with Gasteiger partial charge in [-0.1, -0.05) is 24.3 Å². The summed E-state index contributed by atoms with van der Waals surface area (Å²) in [4.78, 5) is 12.8. The van der Waals surface area contributed by atoms with Gasteiger partial charge in [-0.2, -0.15) is 0 Å². The second-order valence-corrected chi connectivity index (χ2v) is 7.17. The maximum atomic E-state index is 13.7. The first-order valence-corrected chi connectivity index (χ1v) is 9.07. The smallest absolute Gasteiger partial charge is 0.164 e. The van der Waals surface area contributed by atoms with Crippen molar-refractivity contribution in [3.63, 3.8) is 0 Å². The van der Waals surface area contributed by atoms with Crippen molar-refractivity contribution < 1.29 is 4.39 Å². The first kappa shape index (κ1) is 16.8. The van der Waals surface area contributed by atoms with Crippen LogP contribution in [0.15, 0.2) is 36.4 Å². The van der Waals surface area contributed by atoms with Gasteiger partial charge in [0.2, 0.25) is 0 Å². The number of benzene rings is 1. The molecule has 1 aliphatic carbocycles. The summed E-state index contributed by atoms with van der Waals surface area (Å²) >= 11 is 0. The van der Waals surface area contributed by atoms with Crippen LogP contribution in [0.1, 0.15) is 36.9 Å².